The van der Waals surface area contributed by atoms with Crippen LogP contribution in [0.4, 0.5) is 0 Å². The molecule has 5 nitrogen and oxygen atoms in total. The second-order valence-electron chi connectivity index (χ2n) is 2.43. The zero-order chi connectivity index (χ0) is 10.6. The van der Waals surface area contributed by atoms with Crippen LogP contribution in [0, 0.1) is 0 Å². The second-order valence-corrected chi connectivity index (χ2v) is 2.77. The number of methoxy groups -OCH3 is 1. The number of carbonyl (C=O) groups is 1. The fraction of sp³-hybridized carbons (Fsp3) is 0.500. The summed E-state index contributed by atoms with van der Waals surface area (Å²) in [5, 5.41) is 3.50. The van der Waals surface area contributed by atoms with Gasteiger partial charge in [-0.05, 0) is 18.5 Å². The number of carbonyl (C=O) groups excluding carboxylic acids is 1. The van der Waals surface area contributed by atoms with E-state index in [1.54, 1.807) is 6.92 Å². The van der Waals surface area contributed by atoms with Gasteiger partial charge in [0.15, 0.2) is 0 Å². The van der Waals surface area contributed by atoms with Gasteiger partial charge in [0.05, 0.1) is 13.2 Å². The number of nitrogens with zero attached hydrogens (tertiary/aromatic N) is 1. The van der Waals surface area contributed by atoms with Crippen LogP contribution in [0.1, 0.15) is 23.0 Å². The zero-order valence-electron chi connectivity index (χ0n) is 7.87. The van der Waals surface area contributed by atoms with E-state index in [9.17, 15) is 4.79 Å². The zero-order valence-corrected chi connectivity index (χ0v) is 8.63. The molecule has 0 unspecified atom stereocenters. The average molecular weight is 220 g/mol. The van der Waals surface area contributed by atoms with Crippen LogP contribution in [-0.4, -0.2) is 24.8 Å². The molecule has 0 saturated heterocycles. The Balaban J connectivity index is 2.92. The maximum Gasteiger partial charge on any atom is 0.345 e. The van der Waals surface area contributed by atoms with Gasteiger partial charge in [0.1, 0.15) is 11.3 Å². The van der Waals surface area contributed by atoms with Crippen molar-refractivity contribution in [3.63, 3.8) is 0 Å². The van der Waals surface area contributed by atoms with Crippen molar-refractivity contribution < 1.29 is 18.8 Å². The summed E-state index contributed by atoms with van der Waals surface area (Å²) in [5.74, 6) is -0.550. The lowest BCUT2D eigenvalue weighted by molar-refractivity contribution is 0.0521. The molecule has 0 aliphatic heterocycles. The van der Waals surface area contributed by atoms with Gasteiger partial charge < -0.3 is 14.0 Å². The van der Waals surface area contributed by atoms with Gasteiger partial charge in [-0.25, -0.2) is 4.79 Å². The fourth-order valence-corrected chi connectivity index (χ4v) is 1.16. The van der Waals surface area contributed by atoms with Crippen LogP contribution in [0.3, 0.4) is 0 Å². The van der Waals surface area contributed by atoms with Crippen molar-refractivity contribution in [2.24, 2.45) is 0 Å². The van der Waals surface area contributed by atoms with E-state index in [0.717, 1.165) is 0 Å². The van der Waals surface area contributed by atoms with Gasteiger partial charge in [0, 0.05) is 7.11 Å². The molecule has 1 aromatic heterocycles. The Hall–Kier alpha value is -1.07. The summed E-state index contributed by atoms with van der Waals surface area (Å²) in [6.07, 6.45) is 0. The first kappa shape index (κ1) is 11.0. The Bertz CT molecular complexity index is 323. The number of ether oxygens (including phenoxy) is 2. The van der Waals surface area contributed by atoms with Gasteiger partial charge in [0.2, 0.25) is 5.22 Å². The summed E-state index contributed by atoms with van der Waals surface area (Å²) < 4.78 is 14.2. The van der Waals surface area contributed by atoms with E-state index in [1.807, 2.05) is 0 Å². The molecular formula is C8H10ClNO4. The standard InChI is InChI=1S/C8H10ClNO4/c1-3-13-8(11)6-5(4-12-2)10-14-7(6)9/h3-4H2,1-2H3. The smallest absolute Gasteiger partial charge is 0.345 e. The van der Waals surface area contributed by atoms with E-state index in [-0.39, 0.29) is 24.0 Å². The Morgan fingerprint density at radius 3 is 2.93 bits per heavy atom. The number of halogens is 1. The number of hydrogen-bond donors (Lipinski definition) is 0. The number of rotatable bonds is 4. The van der Waals surface area contributed by atoms with Gasteiger partial charge in [-0.15, -0.1) is 0 Å². The predicted octanol–water partition coefficient (Wildman–Crippen LogP) is 1.65. The van der Waals surface area contributed by atoms with Gasteiger partial charge in [-0.2, -0.15) is 0 Å². The molecule has 0 aromatic carbocycles. The van der Waals surface area contributed by atoms with E-state index in [0.29, 0.717) is 5.69 Å². The lowest BCUT2D eigenvalue weighted by Crippen LogP contribution is -2.07. The van der Waals surface area contributed by atoms with Crippen LogP contribution in [0.15, 0.2) is 4.52 Å². The molecule has 14 heavy (non-hydrogen) atoms. The molecule has 0 atom stereocenters. The molecule has 0 saturated carbocycles. The van der Waals surface area contributed by atoms with Crippen molar-refractivity contribution in [1.29, 1.82) is 0 Å². The van der Waals surface area contributed by atoms with E-state index >= 15 is 0 Å². The summed E-state index contributed by atoms with van der Waals surface area (Å²) in [6.45, 7) is 2.13. The number of hydrogen-bond acceptors (Lipinski definition) is 5. The largest absolute Gasteiger partial charge is 0.462 e. The van der Waals surface area contributed by atoms with Crippen LogP contribution in [-0.2, 0) is 16.1 Å². The van der Waals surface area contributed by atoms with Crippen LogP contribution >= 0.6 is 11.6 Å². The molecule has 0 N–H and O–H groups in total. The maximum absolute atomic E-state index is 11.4. The first-order valence-electron chi connectivity index (χ1n) is 4.00. The minimum Gasteiger partial charge on any atom is -0.462 e. The van der Waals surface area contributed by atoms with Gasteiger partial charge in [-0.3, -0.25) is 0 Å². The Kier molecular flexibility index (Phi) is 3.91. The summed E-state index contributed by atoms with van der Waals surface area (Å²) >= 11 is 5.63. The summed E-state index contributed by atoms with van der Waals surface area (Å²) in [7, 11) is 1.48. The van der Waals surface area contributed by atoms with Crippen molar-refractivity contribution in [3.05, 3.63) is 16.5 Å². The van der Waals surface area contributed by atoms with Gasteiger partial charge in [0.25, 0.3) is 0 Å². The molecule has 6 heteroatoms. The normalized spacial score (nSPS) is 10.2. The molecule has 1 aromatic rings. The van der Waals surface area contributed by atoms with Crippen LogP contribution in [0.5, 0.6) is 0 Å². The SMILES string of the molecule is CCOC(=O)c1c(COC)noc1Cl. The Morgan fingerprint density at radius 2 is 2.36 bits per heavy atom. The highest BCUT2D eigenvalue weighted by Crippen LogP contribution is 2.21. The summed E-state index contributed by atoms with van der Waals surface area (Å²) in [4.78, 5) is 11.4. The molecule has 1 heterocycles. The van der Waals surface area contributed by atoms with Crippen molar-refractivity contribution in [3.8, 4) is 0 Å². The predicted molar refractivity (Wildman–Crippen MR) is 48.2 cm³/mol. The molecule has 0 fully saturated rings. The highest BCUT2D eigenvalue weighted by atomic mass is 35.5. The molecule has 0 spiro atoms. The van der Waals surface area contributed by atoms with Crippen LogP contribution < -0.4 is 0 Å². The third kappa shape index (κ3) is 2.24. The number of aromatic nitrogens is 1. The quantitative estimate of drug-likeness (QED) is 0.721. The van der Waals surface area contributed by atoms with Crippen molar-refractivity contribution in [2.45, 2.75) is 13.5 Å². The number of esters is 1. The highest BCUT2D eigenvalue weighted by molar-refractivity contribution is 6.31. The second kappa shape index (κ2) is 4.97. The molecule has 1 rings (SSSR count). The van der Waals surface area contributed by atoms with Crippen LogP contribution in [0.2, 0.25) is 5.22 Å². The van der Waals surface area contributed by atoms with E-state index in [4.69, 9.17) is 21.1 Å². The third-order valence-corrected chi connectivity index (χ3v) is 1.74. The Labute approximate surface area is 85.9 Å². The fourth-order valence-electron chi connectivity index (χ4n) is 0.936. The van der Waals surface area contributed by atoms with Crippen molar-refractivity contribution in [2.75, 3.05) is 13.7 Å². The first-order valence-corrected chi connectivity index (χ1v) is 4.38. The minimum atomic E-state index is -0.550. The summed E-state index contributed by atoms with van der Waals surface area (Å²) in [5.41, 5.74) is 0.478. The van der Waals surface area contributed by atoms with E-state index < -0.39 is 5.97 Å². The van der Waals surface area contributed by atoms with Crippen molar-refractivity contribution >= 4 is 17.6 Å². The molecule has 78 valence electrons. The maximum atomic E-state index is 11.4. The molecule has 0 aliphatic rings. The molecule has 0 amide bonds. The first-order chi connectivity index (χ1) is 6.70. The van der Waals surface area contributed by atoms with E-state index in [2.05, 4.69) is 9.68 Å². The minimum absolute atomic E-state index is 0.0736. The van der Waals surface area contributed by atoms with Gasteiger partial charge in [-0.1, -0.05) is 5.16 Å². The monoisotopic (exact) mass is 219 g/mol. The molecular weight excluding hydrogens is 210 g/mol. The molecule has 0 bridgehead atoms. The lowest BCUT2D eigenvalue weighted by Gasteiger charge is -2.00. The van der Waals surface area contributed by atoms with Crippen molar-refractivity contribution in [1.82, 2.24) is 5.16 Å². The van der Waals surface area contributed by atoms with E-state index in [1.165, 1.54) is 7.11 Å². The molecule has 0 radical (unpaired) electrons. The lowest BCUT2D eigenvalue weighted by atomic mass is 10.2. The van der Waals surface area contributed by atoms with Crippen LogP contribution in [0.25, 0.3) is 0 Å². The average Bonchev–Trinajstić information content (AvgIpc) is 2.48. The molecule has 0 aliphatic carbocycles. The summed E-state index contributed by atoms with van der Waals surface area (Å²) in [6, 6.07) is 0. The Morgan fingerprint density at radius 1 is 1.64 bits per heavy atom. The topological polar surface area (TPSA) is 61.6 Å². The van der Waals surface area contributed by atoms with Gasteiger partial charge >= 0.3 is 5.97 Å². The third-order valence-electron chi connectivity index (χ3n) is 1.48. The highest BCUT2D eigenvalue weighted by Gasteiger charge is 2.22.